The van der Waals surface area contributed by atoms with Gasteiger partial charge in [-0.15, -0.1) is 5.10 Å². The molecule has 0 saturated carbocycles. The molecule has 0 amide bonds. The van der Waals surface area contributed by atoms with E-state index in [1.807, 2.05) is 28.9 Å². The summed E-state index contributed by atoms with van der Waals surface area (Å²) in [4.78, 5) is 11.4. The monoisotopic (exact) mass is 255 g/mol. The summed E-state index contributed by atoms with van der Waals surface area (Å²) in [6.45, 7) is 6.51. The summed E-state index contributed by atoms with van der Waals surface area (Å²) in [5, 5.41) is 8.44. The average Bonchev–Trinajstić information content (AvgIpc) is 2.90. The molecule has 1 aromatic carbocycles. The fraction of sp³-hybridized carbons (Fsp3) is 0.400. The number of allylic oxidation sites excluding steroid dienone is 2. The third-order valence-electron chi connectivity index (χ3n) is 4.38. The van der Waals surface area contributed by atoms with Gasteiger partial charge in [-0.2, -0.15) is 0 Å². The largest absolute Gasteiger partial charge is 0.298 e. The van der Waals surface area contributed by atoms with Crippen molar-refractivity contribution in [1.82, 2.24) is 15.0 Å². The van der Waals surface area contributed by atoms with Gasteiger partial charge < -0.3 is 0 Å². The Kier molecular flexibility index (Phi) is 2.55. The zero-order valence-electron chi connectivity index (χ0n) is 11.4. The van der Waals surface area contributed by atoms with Crippen LogP contribution < -0.4 is 0 Å². The Bertz CT molecular complexity index is 682. The Morgan fingerprint density at radius 1 is 1.37 bits per heavy atom. The summed E-state index contributed by atoms with van der Waals surface area (Å²) in [6, 6.07) is 7.84. The van der Waals surface area contributed by atoms with Gasteiger partial charge in [-0.25, -0.2) is 4.68 Å². The lowest BCUT2D eigenvalue weighted by Crippen LogP contribution is -2.22. The molecule has 1 aliphatic carbocycles. The highest BCUT2D eigenvalue weighted by molar-refractivity contribution is 5.89. The second-order valence-corrected chi connectivity index (χ2v) is 5.81. The second-order valence-electron chi connectivity index (χ2n) is 5.81. The number of hydrogen-bond acceptors (Lipinski definition) is 3. The minimum Gasteiger partial charge on any atom is -0.298 e. The standard InChI is InChI=1S/C15H17N3O/c1-10-8-11(9-19)14(15(10,2)3)18-13-7-5-4-6-12(13)16-17-18/h4-7,9-10H,8H2,1-3H3. The van der Waals surface area contributed by atoms with Crippen molar-refractivity contribution in [3.63, 3.8) is 0 Å². The molecule has 4 heteroatoms. The maximum atomic E-state index is 11.4. The van der Waals surface area contributed by atoms with Crippen LogP contribution in [0.1, 0.15) is 27.2 Å². The third kappa shape index (κ3) is 1.63. The van der Waals surface area contributed by atoms with E-state index in [9.17, 15) is 4.79 Å². The summed E-state index contributed by atoms with van der Waals surface area (Å²) in [5.74, 6) is 0.422. The first-order valence-electron chi connectivity index (χ1n) is 6.55. The van der Waals surface area contributed by atoms with E-state index in [1.54, 1.807) is 0 Å². The first-order chi connectivity index (χ1) is 9.05. The van der Waals surface area contributed by atoms with E-state index >= 15 is 0 Å². The van der Waals surface area contributed by atoms with Crippen LogP contribution in [-0.2, 0) is 4.79 Å². The van der Waals surface area contributed by atoms with Crippen LogP contribution in [0.2, 0.25) is 0 Å². The van der Waals surface area contributed by atoms with Crippen molar-refractivity contribution in [3.8, 4) is 0 Å². The average molecular weight is 255 g/mol. The lowest BCUT2D eigenvalue weighted by Gasteiger charge is -2.27. The summed E-state index contributed by atoms with van der Waals surface area (Å²) in [5.41, 5.74) is 3.57. The van der Waals surface area contributed by atoms with Crippen molar-refractivity contribution in [3.05, 3.63) is 29.8 Å². The van der Waals surface area contributed by atoms with E-state index in [1.165, 1.54) is 0 Å². The van der Waals surface area contributed by atoms with Crippen LogP contribution in [0.25, 0.3) is 16.7 Å². The van der Waals surface area contributed by atoms with E-state index in [0.29, 0.717) is 5.92 Å². The number of aldehydes is 1. The Labute approximate surface area is 112 Å². The van der Waals surface area contributed by atoms with Crippen LogP contribution in [0, 0.1) is 11.3 Å². The van der Waals surface area contributed by atoms with E-state index in [2.05, 4.69) is 31.1 Å². The first kappa shape index (κ1) is 12.1. The summed E-state index contributed by atoms with van der Waals surface area (Å²) in [7, 11) is 0. The van der Waals surface area contributed by atoms with Gasteiger partial charge in [-0.3, -0.25) is 4.79 Å². The van der Waals surface area contributed by atoms with Crippen LogP contribution in [0.15, 0.2) is 29.8 Å². The summed E-state index contributed by atoms with van der Waals surface area (Å²) >= 11 is 0. The Balaban J connectivity index is 2.27. The third-order valence-corrected chi connectivity index (χ3v) is 4.38. The molecule has 0 aliphatic heterocycles. The number of rotatable bonds is 2. The normalized spacial score (nSPS) is 22.2. The van der Waals surface area contributed by atoms with E-state index < -0.39 is 0 Å². The Hall–Kier alpha value is -1.97. The summed E-state index contributed by atoms with van der Waals surface area (Å²) < 4.78 is 1.84. The number of aromatic nitrogens is 3. The molecule has 1 unspecified atom stereocenters. The smallest absolute Gasteiger partial charge is 0.147 e. The quantitative estimate of drug-likeness (QED) is 0.775. The van der Waals surface area contributed by atoms with Gasteiger partial charge in [0.15, 0.2) is 0 Å². The predicted molar refractivity (Wildman–Crippen MR) is 74.4 cm³/mol. The molecule has 4 nitrogen and oxygen atoms in total. The van der Waals surface area contributed by atoms with Crippen LogP contribution in [0.3, 0.4) is 0 Å². The molecule has 1 aromatic heterocycles. The molecule has 0 N–H and O–H groups in total. The highest BCUT2D eigenvalue weighted by Gasteiger charge is 2.40. The van der Waals surface area contributed by atoms with Crippen molar-refractivity contribution >= 4 is 23.0 Å². The van der Waals surface area contributed by atoms with Crippen molar-refractivity contribution in [2.24, 2.45) is 11.3 Å². The first-order valence-corrected chi connectivity index (χ1v) is 6.55. The number of fused-ring (bicyclic) bond motifs is 1. The number of nitrogens with zero attached hydrogens (tertiary/aromatic N) is 3. The topological polar surface area (TPSA) is 47.8 Å². The van der Waals surface area contributed by atoms with Gasteiger partial charge in [-0.1, -0.05) is 38.1 Å². The van der Waals surface area contributed by atoms with Crippen molar-refractivity contribution in [2.45, 2.75) is 27.2 Å². The molecule has 0 spiro atoms. The molecule has 1 atom stereocenters. The SMILES string of the molecule is CC1CC(C=O)=C(n2nnc3ccccc32)C1(C)C. The highest BCUT2D eigenvalue weighted by Crippen LogP contribution is 2.48. The summed E-state index contributed by atoms with van der Waals surface area (Å²) in [6.07, 6.45) is 1.77. The molecule has 1 aliphatic rings. The fourth-order valence-corrected chi connectivity index (χ4v) is 2.88. The second kappa shape index (κ2) is 4.02. The van der Waals surface area contributed by atoms with Gasteiger partial charge in [0.2, 0.25) is 0 Å². The highest BCUT2D eigenvalue weighted by atomic mass is 16.1. The van der Waals surface area contributed by atoms with Crippen molar-refractivity contribution in [2.75, 3.05) is 0 Å². The maximum absolute atomic E-state index is 11.4. The maximum Gasteiger partial charge on any atom is 0.147 e. The van der Waals surface area contributed by atoms with Crippen LogP contribution in [-0.4, -0.2) is 21.3 Å². The zero-order chi connectivity index (χ0) is 13.6. The van der Waals surface area contributed by atoms with Crippen LogP contribution in [0.5, 0.6) is 0 Å². The van der Waals surface area contributed by atoms with Gasteiger partial charge >= 0.3 is 0 Å². The number of carbonyl (C=O) groups excluding carboxylic acids is 1. The molecule has 3 rings (SSSR count). The number of carbonyl (C=O) groups is 1. The fourth-order valence-electron chi connectivity index (χ4n) is 2.88. The molecule has 2 aromatic rings. The van der Waals surface area contributed by atoms with Crippen molar-refractivity contribution < 1.29 is 4.79 Å². The van der Waals surface area contributed by atoms with Gasteiger partial charge in [0, 0.05) is 11.0 Å². The van der Waals surface area contributed by atoms with Crippen LogP contribution in [0.4, 0.5) is 0 Å². The molecule has 98 valence electrons. The van der Waals surface area contributed by atoms with Gasteiger partial charge in [-0.05, 0) is 24.5 Å². The zero-order valence-corrected chi connectivity index (χ0v) is 11.4. The van der Waals surface area contributed by atoms with Crippen molar-refractivity contribution in [1.29, 1.82) is 0 Å². The number of hydrogen-bond donors (Lipinski definition) is 0. The minimum absolute atomic E-state index is 0.0767. The molecule has 0 radical (unpaired) electrons. The van der Waals surface area contributed by atoms with Gasteiger partial charge in [0.25, 0.3) is 0 Å². The van der Waals surface area contributed by atoms with Gasteiger partial charge in [0.05, 0.1) is 11.2 Å². The molecule has 0 bridgehead atoms. The lowest BCUT2D eigenvalue weighted by molar-refractivity contribution is -0.105. The molecule has 1 heterocycles. The van der Waals surface area contributed by atoms with E-state index in [4.69, 9.17) is 0 Å². The molecule has 0 saturated heterocycles. The van der Waals surface area contributed by atoms with Gasteiger partial charge in [0.1, 0.15) is 11.8 Å². The van der Waals surface area contributed by atoms with E-state index in [0.717, 1.165) is 35.0 Å². The lowest BCUT2D eigenvalue weighted by atomic mass is 9.81. The number of benzene rings is 1. The predicted octanol–water partition coefficient (Wildman–Crippen LogP) is 2.91. The van der Waals surface area contributed by atoms with Crippen LogP contribution >= 0.6 is 0 Å². The molecule has 0 fully saturated rings. The molecular weight excluding hydrogens is 238 g/mol. The number of para-hydroxylation sites is 1. The molecule has 19 heavy (non-hydrogen) atoms. The van der Waals surface area contributed by atoms with E-state index in [-0.39, 0.29) is 5.41 Å². The minimum atomic E-state index is -0.0767. The molecular formula is C15H17N3O. The Morgan fingerprint density at radius 2 is 2.11 bits per heavy atom. The Morgan fingerprint density at radius 3 is 2.84 bits per heavy atom.